The van der Waals surface area contributed by atoms with Crippen molar-refractivity contribution in [3.63, 3.8) is 0 Å². The van der Waals surface area contributed by atoms with Crippen molar-refractivity contribution in [2.24, 2.45) is 0 Å². The molecule has 0 fully saturated rings. The van der Waals surface area contributed by atoms with Crippen LogP contribution in [0.5, 0.6) is 5.75 Å². The molecule has 0 saturated carbocycles. The molecule has 6 nitrogen and oxygen atoms in total. The van der Waals surface area contributed by atoms with Gasteiger partial charge in [-0.05, 0) is 46.8 Å². The fourth-order valence-electron chi connectivity index (χ4n) is 3.16. The highest BCUT2D eigenvalue weighted by molar-refractivity contribution is 6.28. The maximum atomic E-state index is 6.20. The first-order valence-corrected chi connectivity index (χ1v) is 9.87. The fraction of sp³-hybridized carbons (Fsp3) is 0.227. The van der Waals surface area contributed by atoms with E-state index in [-0.39, 0.29) is 5.28 Å². The minimum absolute atomic E-state index is 0.192. The van der Waals surface area contributed by atoms with E-state index >= 15 is 0 Å². The number of ether oxygens (including phenoxy) is 1. The molecule has 2 heterocycles. The fourth-order valence-corrected chi connectivity index (χ4v) is 3.33. The highest BCUT2D eigenvalue weighted by Crippen LogP contribution is 2.23. The largest absolute Gasteiger partial charge is 0.497 e. The van der Waals surface area contributed by atoms with Crippen molar-refractivity contribution in [2.75, 3.05) is 12.4 Å². The summed E-state index contributed by atoms with van der Waals surface area (Å²) in [6.45, 7) is 3.38. The van der Waals surface area contributed by atoms with Crippen LogP contribution in [0.4, 0.5) is 5.82 Å². The molecule has 0 bridgehead atoms. The SMILES string of the molecule is CCc1ccc(Cn2ncc3c(NCc4ccc(OC)cc4)nc(Cl)nc32)cc1. The summed E-state index contributed by atoms with van der Waals surface area (Å²) in [6, 6.07) is 16.4. The van der Waals surface area contributed by atoms with Gasteiger partial charge in [-0.1, -0.05) is 43.3 Å². The average molecular weight is 408 g/mol. The normalized spacial score (nSPS) is 11.0. The summed E-state index contributed by atoms with van der Waals surface area (Å²) < 4.78 is 7.05. The van der Waals surface area contributed by atoms with Crippen molar-refractivity contribution in [1.29, 1.82) is 0 Å². The monoisotopic (exact) mass is 407 g/mol. The molecule has 0 radical (unpaired) electrons. The van der Waals surface area contributed by atoms with E-state index in [1.807, 2.05) is 28.9 Å². The number of nitrogens with one attached hydrogen (secondary N) is 1. The van der Waals surface area contributed by atoms with Crippen LogP contribution in [0.25, 0.3) is 11.0 Å². The molecule has 0 unspecified atom stereocenters. The second-order valence-corrected chi connectivity index (χ2v) is 7.09. The molecule has 2 aromatic heterocycles. The van der Waals surface area contributed by atoms with Crippen LogP contribution >= 0.6 is 11.6 Å². The molecule has 1 N–H and O–H groups in total. The number of hydrogen-bond acceptors (Lipinski definition) is 5. The number of aromatic nitrogens is 4. The first kappa shape index (κ1) is 19.2. The molecule has 0 saturated heterocycles. The van der Waals surface area contributed by atoms with Crippen molar-refractivity contribution in [3.8, 4) is 5.75 Å². The molecular formula is C22H22ClN5O. The summed E-state index contributed by atoms with van der Waals surface area (Å²) in [5.41, 5.74) is 4.29. The van der Waals surface area contributed by atoms with Gasteiger partial charge in [-0.3, -0.25) is 0 Å². The number of nitrogens with zero attached hydrogens (tertiary/aromatic N) is 4. The van der Waals surface area contributed by atoms with Crippen molar-refractivity contribution in [3.05, 3.63) is 76.7 Å². The van der Waals surface area contributed by atoms with E-state index in [1.165, 1.54) is 5.56 Å². The first-order valence-electron chi connectivity index (χ1n) is 9.50. The molecule has 0 atom stereocenters. The molecule has 4 rings (SSSR count). The number of halogens is 1. The average Bonchev–Trinajstić information content (AvgIpc) is 3.15. The maximum absolute atomic E-state index is 6.20. The third kappa shape index (κ3) is 4.32. The number of hydrogen-bond donors (Lipinski definition) is 1. The van der Waals surface area contributed by atoms with Gasteiger partial charge in [-0.2, -0.15) is 15.1 Å². The van der Waals surface area contributed by atoms with E-state index in [1.54, 1.807) is 13.3 Å². The minimum Gasteiger partial charge on any atom is -0.497 e. The Morgan fingerprint density at radius 3 is 2.34 bits per heavy atom. The van der Waals surface area contributed by atoms with Crippen LogP contribution < -0.4 is 10.1 Å². The number of fused-ring (bicyclic) bond motifs is 1. The lowest BCUT2D eigenvalue weighted by molar-refractivity contribution is 0.414. The molecule has 0 aliphatic rings. The Hall–Kier alpha value is -3.12. The summed E-state index contributed by atoms with van der Waals surface area (Å²) in [6.07, 6.45) is 2.81. The molecule has 0 aliphatic heterocycles. The molecule has 0 aliphatic carbocycles. The summed E-state index contributed by atoms with van der Waals surface area (Å²) in [5.74, 6) is 1.50. The van der Waals surface area contributed by atoms with Gasteiger partial charge in [0.25, 0.3) is 0 Å². The van der Waals surface area contributed by atoms with Gasteiger partial charge in [-0.25, -0.2) is 4.68 Å². The third-order valence-electron chi connectivity index (χ3n) is 4.85. The zero-order valence-electron chi connectivity index (χ0n) is 16.4. The second-order valence-electron chi connectivity index (χ2n) is 6.75. The summed E-state index contributed by atoms with van der Waals surface area (Å²) in [5, 5.41) is 8.89. The van der Waals surface area contributed by atoms with Crippen molar-refractivity contribution >= 4 is 28.5 Å². The number of anilines is 1. The summed E-state index contributed by atoms with van der Waals surface area (Å²) >= 11 is 6.20. The topological polar surface area (TPSA) is 64.9 Å². The van der Waals surface area contributed by atoms with E-state index in [9.17, 15) is 0 Å². The third-order valence-corrected chi connectivity index (χ3v) is 5.02. The maximum Gasteiger partial charge on any atom is 0.226 e. The minimum atomic E-state index is 0.192. The number of benzene rings is 2. The second kappa shape index (κ2) is 8.49. The lowest BCUT2D eigenvalue weighted by atomic mass is 10.1. The van der Waals surface area contributed by atoms with Gasteiger partial charge in [0.15, 0.2) is 5.65 Å². The number of rotatable bonds is 7. The Morgan fingerprint density at radius 2 is 1.66 bits per heavy atom. The van der Waals surface area contributed by atoms with E-state index < -0.39 is 0 Å². The highest BCUT2D eigenvalue weighted by atomic mass is 35.5. The highest BCUT2D eigenvalue weighted by Gasteiger charge is 2.13. The Morgan fingerprint density at radius 1 is 0.966 bits per heavy atom. The first-order chi connectivity index (χ1) is 14.2. The zero-order chi connectivity index (χ0) is 20.2. The molecule has 29 heavy (non-hydrogen) atoms. The Balaban J connectivity index is 1.56. The van der Waals surface area contributed by atoms with Crippen LogP contribution in [0.2, 0.25) is 5.28 Å². The zero-order valence-corrected chi connectivity index (χ0v) is 17.1. The van der Waals surface area contributed by atoms with Crippen LogP contribution in [0.3, 0.4) is 0 Å². The standard InChI is InChI=1S/C22H22ClN5O/c1-3-15-4-6-17(7-5-15)14-28-21-19(13-25-28)20(26-22(23)27-21)24-12-16-8-10-18(29-2)11-9-16/h4-11,13H,3,12,14H2,1-2H3,(H,24,26,27). The van der Waals surface area contributed by atoms with Crippen molar-refractivity contribution in [1.82, 2.24) is 19.7 Å². The van der Waals surface area contributed by atoms with E-state index in [0.717, 1.165) is 28.7 Å². The molecule has 148 valence electrons. The predicted molar refractivity (Wildman–Crippen MR) is 116 cm³/mol. The van der Waals surface area contributed by atoms with Crippen LogP contribution in [0, 0.1) is 0 Å². The van der Waals surface area contributed by atoms with E-state index in [4.69, 9.17) is 16.3 Å². The number of aryl methyl sites for hydroxylation is 1. The molecule has 0 spiro atoms. The van der Waals surface area contributed by atoms with Crippen LogP contribution in [-0.2, 0) is 19.5 Å². The van der Waals surface area contributed by atoms with Gasteiger partial charge in [0.2, 0.25) is 5.28 Å². The molecular weight excluding hydrogens is 386 g/mol. The van der Waals surface area contributed by atoms with Gasteiger partial charge in [0.05, 0.1) is 25.2 Å². The smallest absolute Gasteiger partial charge is 0.226 e. The molecule has 4 aromatic rings. The van der Waals surface area contributed by atoms with Crippen LogP contribution in [0.15, 0.2) is 54.7 Å². The van der Waals surface area contributed by atoms with Crippen LogP contribution in [0.1, 0.15) is 23.6 Å². The molecule has 7 heteroatoms. The van der Waals surface area contributed by atoms with Gasteiger partial charge >= 0.3 is 0 Å². The van der Waals surface area contributed by atoms with Gasteiger partial charge in [0, 0.05) is 6.54 Å². The Bertz CT molecular complexity index is 1110. The Kier molecular flexibility index (Phi) is 5.62. The van der Waals surface area contributed by atoms with Crippen LogP contribution in [-0.4, -0.2) is 26.9 Å². The quantitative estimate of drug-likeness (QED) is 0.449. The summed E-state index contributed by atoms with van der Waals surface area (Å²) in [4.78, 5) is 8.76. The predicted octanol–water partition coefficient (Wildman–Crippen LogP) is 4.71. The van der Waals surface area contributed by atoms with E-state index in [2.05, 4.69) is 51.6 Å². The molecule has 2 aromatic carbocycles. The lowest BCUT2D eigenvalue weighted by Crippen LogP contribution is -2.05. The number of methoxy groups -OCH3 is 1. The lowest BCUT2D eigenvalue weighted by Gasteiger charge is -2.09. The molecule has 0 amide bonds. The van der Waals surface area contributed by atoms with Gasteiger partial charge in [-0.15, -0.1) is 0 Å². The summed E-state index contributed by atoms with van der Waals surface area (Å²) in [7, 11) is 1.66. The Labute approximate surface area is 174 Å². The van der Waals surface area contributed by atoms with Crippen molar-refractivity contribution in [2.45, 2.75) is 26.4 Å². The van der Waals surface area contributed by atoms with Gasteiger partial charge in [0.1, 0.15) is 11.6 Å². The van der Waals surface area contributed by atoms with E-state index in [0.29, 0.717) is 24.6 Å². The van der Waals surface area contributed by atoms with Gasteiger partial charge < -0.3 is 10.1 Å². The van der Waals surface area contributed by atoms with Crippen molar-refractivity contribution < 1.29 is 4.74 Å².